The highest BCUT2D eigenvalue weighted by atomic mass is 32.2. The Hall–Kier alpha value is -1.44. The summed E-state index contributed by atoms with van der Waals surface area (Å²) in [5.74, 6) is -0.183. The van der Waals surface area contributed by atoms with Gasteiger partial charge in [-0.05, 0) is 25.2 Å². The molecular weight excluding hydrogens is 344 g/mol. The van der Waals surface area contributed by atoms with Gasteiger partial charge in [0.2, 0.25) is 5.91 Å². The van der Waals surface area contributed by atoms with E-state index in [1.165, 1.54) is 18.9 Å². The van der Waals surface area contributed by atoms with Gasteiger partial charge in [-0.2, -0.15) is 0 Å². The van der Waals surface area contributed by atoms with Gasteiger partial charge in [0.05, 0.1) is 19.1 Å². The van der Waals surface area contributed by atoms with E-state index in [2.05, 4.69) is 19.2 Å². The number of fused-ring (bicyclic) bond motifs is 1. The molecule has 0 aromatic heterocycles. The van der Waals surface area contributed by atoms with Crippen LogP contribution in [0.5, 0.6) is 0 Å². The molecule has 0 aromatic carbocycles. The summed E-state index contributed by atoms with van der Waals surface area (Å²) in [5.41, 5.74) is 0. The average Bonchev–Trinajstić information content (AvgIpc) is 3.03. The molecule has 4 unspecified atom stereocenters. The molecule has 0 bridgehead atoms. The van der Waals surface area contributed by atoms with Crippen LogP contribution >= 0.6 is 11.8 Å². The SMILES string of the molecule is CCCCOC(=O)NC1SC2CC(CC(C)C)C(=O)N2C1C(=O)OC. The lowest BCUT2D eigenvalue weighted by Crippen LogP contribution is -2.51. The number of methoxy groups -OCH3 is 1. The number of hydrogen-bond donors (Lipinski definition) is 1. The van der Waals surface area contributed by atoms with Crippen molar-refractivity contribution in [1.82, 2.24) is 10.2 Å². The van der Waals surface area contributed by atoms with Crippen molar-refractivity contribution in [3.63, 3.8) is 0 Å². The zero-order chi connectivity index (χ0) is 18.6. The highest BCUT2D eigenvalue weighted by Crippen LogP contribution is 2.45. The number of ether oxygens (including phenoxy) is 2. The van der Waals surface area contributed by atoms with Crippen molar-refractivity contribution >= 4 is 29.7 Å². The lowest BCUT2D eigenvalue weighted by atomic mass is 9.96. The van der Waals surface area contributed by atoms with Crippen molar-refractivity contribution in [2.24, 2.45) is 11.8 Å². The molecule has 25 heavy (non-hydrogen) atoms. The van der Waals surface area contributed by atoms with Crippen LogP contribution in [0.1, 0.15) is 46.5 Å². The van der Waals surface area contributed by atoms with Gasteiger partial charge < -0.3 is 19.7 Å². The number of esters is 1. The van der Waals surface area contributed by atoms with Gasteiger partial charge >= 0.3 is 12.1 Å². The normalized spacial score (nSPS) is 28.2. The van der Waals surface area contributed by atoms with E-state index in [0.717, 1.165) is 19.3 Å². The minimum atomic E-state index is -0.802. The summed E-state index contributed by atoms with van der Waals surface area (Å²) >= 11 is 1.43. The Morgan fingerprint density at radius 2 is 2.12 bits per heavy atom. The molecule has 2 aliphatic heterocycles. The second-order valence-electron chi connectivity index (χ2n) is 6.92. The van der Waals surface area contributed by atoms with E-state index in [9.17, 15) is 14.4 Å². The van der Waals surface area contributed by atoms with E-state index in [1.54, 1.807) is 4.90 Å². The summed E-state index contributed by atoms with van der Waals surface area (Å²) in [6, 6.07) is -0.802. The molecule has 0 aromatic rings. The Bertz CT molecular complexity index is 513. The molecule has 2 saturated heterocycles. The molecule has 4 atom stereocenters. The Morgan fingerprint density at radius 1 is 1.40 bits per heavy atom. The van der Waals surface area contributed by atoms with E-state index in [0.29, 0.717) is 18.9 Å². The number of hydrogen-bond acceptors (Lipinski definition) is 6. The van der Waals surface area contributed by atoms with Crippen LogP contribution in [0.25, 0.3) is 0 Å². The standard InChI is InChI=1S/C17H28N2O5S/c1-5-6-7-24-17(22)18-14-13(16(21)23-4)19-12(25-14)9-11(15(19)20)8-10(2)3/h10-14H,5-9H2,1-4H3,(H,18,22). The first-order valence-electron chi connectivity index (χ1n) is 8.87. The van der Waals surface area contributed by atoms with Crippen molar-refractivity contribution in [2.75, 3.05) is 13.7 Å². The highest BCUT2D eigenvalue weighted by molar-refractivity contribution is 8.00. The summed E-state index contributed by atoms with van der Waals surface area (Å²) in [6.45, 7) is 6.51. The van der Waals surface area contributed by atoms with Gasteiger partial charge in [0.1, 0.15) is 5.37 Å². The number of nitrogens with zero attached hydrogens (tertiary/aromatic N) is 1. The number of thioether (sulfide) groups is 1. The predicted molar refractivity (Wildman–Crippen MR) is 94.8 cm³/mol. The molecule has 0 radical (unpaired) electrons. The van der Waals surface area contributed by atoms with Crippen LogP contribution in [0.15, 0.2) is 0 Å². The number of carbonyl (C=O) groups is 3. The van der Waals surface area contributed by atoms with Gasteiger partial charge in [0.25, 0.3) is 0 Å². The molecule has 2 aliphatic rings. The summed E-state index contributed by atoms with van der Waals surface area (Å²) in [5, 5.41) is 2.06. The second kappa shape index (κ2) is 8.78. The number of carbonyl (C=O) groups excluding carboxylic acids is 3. The maximum absolute atomic E-state index is 12.8. The topological polar surface area (TPSA) is 84.9 Å². The summed E-state index contributed by atoms with van der Waals surface area (Å²) in [4.78, 5) is 38.6. The molecule has 2 heterocycles. The van der Waals surface area contributed by atoms with Crippen LogP contribution in [0.4, 0.5) is 4.79 Å². The molecule has 0 saturated carbocycles. The van der Waals surface area contributed by atoms with Crippen LogP contribution in [-0.2, 0) is 19.1 Å². The second-order valence-corrected chi connectivity index (χ2v) is 8.25. The van der Waals surface area contributed by atoms with Crippen LogP contribution in [0, 0.1) is 11.8 Å². The fraction of sp³-hybridized carbons (Fsp3) is 0.824. The van der Waals surface area contributed by atoms with Crippen LogP contribution in [-0.4, -0.2) is 53.4 Å². The van der Waals surface area contributed by atoms with Gasteiger partial charge in [0.15, 0.2) is 6.04 Å². The monoisotopic (exact) mass is 372 g/mol. The van der Waals surface area contributed by atoms with E-state index >= 15 is 0 Å². The van der Waals surface area contributed by atoms with Crippen molar-refractivity contribution in [3.05, 3.63) is 0 Å². The quantitative estimate of drug-likeness (QED) is 0.545. The number of amides is 2. The maximum atomic E-state index is 12.8. The number of rotatable bonds is 7. The zero-order valence-corrected chi connectivity index (χ0v) is 16.1. The number of alkyl carbamates (subject to hydrolysis) is 1. The van der Waals surface area contributed by atoms with Gasteiger partial charge in [-0.1, -0.05) is 27.2 Å². The first kappa shape index (κ1) is 19.9. The van der Waals surface area contributed by atoms with Crippen LogP contribution in [0.2, 0.25) is 0 Å². The number of unbranched alkanes of at least 4 members (excludes halogenated alkanes) is 1. The fourth-order valence-electron chi connectivity index (χ4n) is 3.34. The van der Waals surface area contributed by atoms with E-state index in [4.69, 9.17) is 9.47 Å². The van der Waals surface area contributed by atoms with E-state index in [-0.39, 0.29) is 17.2 Å². The van der Waals surface area contributed by atoms with Crippen molar-refractivity contribution in [3.8, 4) is 0 Å². The van der Waals surface area contributed by atoms with Crippen LogP contribution < -0.4 is 5.32 Å². The smallest absolute Gasteiger partial charge is 0.408 e. The molecule has 2 fully saturated rings. The van der Waals surface area contributed by atoms with Crippen LogP contribution in [0.3, 0.4) is 0 Å². The third kappa shape index (κ3) is 4.59. The Balaban J connectivity index is 2.05. The third-order valence-electron chi connectivity index (χ3n) is 4.48. The first-order valence-corrected chi connectivity index (χ1v) is 9.82. The predicted octanol–water partition coefficient (Wildman–Crippen LogP) is 2.35. The first-order chi connectivity index (χ1) is 11.9. The Morgan fingerprint density at radius 3 is 2.72 bits per heavy atom. The Kier molecular flexibility index (Phi) is 6.98. The van der Waals surface area contributed by atoms with E-state index < -0.39 is 23.5 Å². The minimum absolute atomic E-state index is 0.0229. The fourth-order valence-corrected chi connectivity index (χ4v) is 4.94. The average molecular weight is 372 g/mol. The molecular formula is C17H28N2O5S. The summed E-state index contributed by atoms with van der Waals surface area (Å²) < 4.78 is 9.99. The minimum Gasteiger partial charge on any atom is -0.467 e. The zero-order valence-electron chi connectivity index (χ0n) is 15.3. The molecule has 2 amide bonds. The summed E-state index contributed by atoms with van der Waals surface area (Å²) in [6.07, 6.45) is 2.65. The lowest BCUT2D eigenvalue weighted by Gasteiger charge is -2.25. The van der Waals surface area contributed by atoms with Gasteiger partial charge in [0, 0.05) is 5.92 Å². The highest BCUT2D eigenvalue weighted by Gasteiger charge is 2.55. The Labute approximate surface area is 153 Å². The third-order valence-corrected chi connectivity index (χ3v) is 5.88. The molecule has 2 rings (SSSR count). The van der Waals surface area contributed by atoms with Gasteiger partial charge in [-0.15, -0.1) is 11.8 Å². The van der Waals surface area contributed by atoms with Gasteiger partial charge in [-0.3, -0.25) is 4.79 Å². The number of nitrogens with one attached hydrogen (secondary N) is 1. The van der Waals surface area contributed by atoms with Crippen molar-refractivity contribution in [1.29, 1.82) is 0 Å². The molecule has 8 heteroatoms. The molecule has 0 spiro atoms. The lowest BCUT2D eigenvalue weighted by molar-refractivity contribution is -0.151. The largest absolute Gasteiger partial charge is 0.467 e. The molecule has 0 aliphatic carbocycles. The van der Waals surface area contributed by atoms with Crippen molar-refractivity contribution in [2.45, 2.75) is 63.2 Å². The summed E-state index contributed by atoms with van der Waals surface area (Å²) in [7, 11) is 1.29. The maximum Gasteiger partial charge on any atom is 0.408 e. The van der Waals surface area contributed by atoms with Gasteiger partial charge in [-0.25, -0.2) is 9.59 Å². The molecule has 7 nitrogen and oxygen atoms in total. The molecule has 1 N–H and O–H groups in total. The van der Waals surface area contributed by atoms with Crippen molar-refractivity contribution < 1.29 is 23.9 Å². The van der Waals surface area contributed by atoms with E-state index in [1.807, 2.05) is 6.92 Å². The molecule has 142 valence electrons.